The van der Waals surface area contributed by atoms with Crippen molar-refractivity contribution in [2.75, 3.05) is 19.0 Å². The summed E-state index contributed by atoms with van der Waals surface area (Å²) in [6.07, 6.45) is 2.03. The van der Waals surface area contributed by atoms with Crippen molar-refractivity contribution in [1.82, 2.24) is 4.72 Å². The number of fused-ring (bicyclic) bond motifs is 1. The number of nitrogens with one attached hydrogen (secondary N) is 2. The van der Waals surface area contributed by atoms with Gasteiger partial charge in [-0.05, 0) is 73.2 Å². The Morgan fingerprint density at radius 3 is 2.66 bits per heavy atom. The molecule has 2 aromatic rings. The minimum atomic E-state index is -3.84. The number of anilines is 1. The number of hydrogen-bond acceptors (Lipinski definition) is 5. The predicted molar refractivity (Wildman–Crippen MR) is 111 cm³/mol. The molecule has 29 heavy (non-hydrogen) atoms. The van der Waals surface area contributed by atoms with Gasteiger partial charge in [-0.2, -0.15) is 0 Å². The van der Waals surface area contributed by atoms with Crippen molar-refractivity contribution in [2.24, 2.45) is 0 Å². The highest BCUT2D eigenvalue weighted by atomic mass is 32.2. The maximum atomic E-state index is 12.9. The predicted octanol–water partition coefficient (Wildman–Crippen LogP) is 2.46. The van der Waals surface area contributed by atoms with Crippen LogP contribution in [0.1, 0.15) is 36.5 Å². The SMILES string of the molecule is COc1ccc2c(c1)CCCC2(O)CNS(=O)(=O)c1ccc(NC(C)=O)cc1C. The van der Waals surface area contributed by atoms with Gasteiger partial charge >= 0.3 is 0 Å². The van der Waals surface area contributed by atoms with Crippen LogP contribution in [-0.2, 0) is 26.8 Å². The third-order valence-corrected chi connectivity index (χ3v) is 6.75. The van der Waals surface area contributed by atoms with Gasteiger partial charge in [0.1, 0.15) is 11.4 Å². The molecule has 1 atom stereocenters. The Bertz CT molecular complexity index is 1040. The van der Waals surface area contributed by atoms with Gasteiger partial charge in [0.15, 0.2) is 0 Å². The van der Waals surface area contributed by atoms with Gasteiger partial charge in [-0.15, -0.1) is 0 Å². The lowest BCUT2D eigenvalue weighted by molar-refractivity contribution is -0.114. The molecule has 156 valence electrons. The Morgan fingerprint density at radius 2 is 2.00 bits per heavy atom. The van der Waals surface area contributed by atoms with Crippen LogP contribution < -0.4 is 14.8 Å². The number of sulfonamides is 1. The first kappa shape index (κ1) is 21.3. The van der Waals surface area contributed by atoms with E-state index in [1.54, 1.807) is 38.3 Å². The summed E-state index contributed by atoms with van der Waals surface area (Å²) in [7, 11) is -2.25. The molecule has 1 aliphatic carbocycles. The number of methoxy groups -OCH3 is 1. The zero-order chi connectivity index (χ0) is 21.2. The molecule has 7 nitrogen and oxygen atoms in total. The molecule has 3 N–H and O–H groups in total. The number of hydrogen-bond donors (Lipinski definition) is 3. The van der Waals surface area contributed by atoms with Gasteiger partial charge in [0, 0.05) is 19.2 Å². The maximum absolute atomic E-state index is 12.9. The van der Waals surface area contributed by atoms with Gasteiger partial charge in [0.2, 0.25) is 15.9 Å². The van der Waals surface area contributed by atoms with E-state index in [-0.39, 0.29) is 17.3 Å². The average Bonchev–Trinajstić information content (AvgIpc) is 2.66. The summed E-state index contributed by atoms with van der Waals surface area (Å²) in [6, 6.07) is 10.1. The van der Waals surface area contributed by atoms with Gasteiger partial charge in [0.05, 0.1) is 12.0 Å². The van der Waals surface area contributed by atoms with Crippen LogP contribution in [0, 0.1) is 6.92 Å². The first-order chi connectivity index (χ1) is 13.6. The highest BCUT2D eigenvalue weighted by Gasteiger charge is 2.36. The Morgan fingerprint density at radius 1 is 1.24 bits per heavy atom. The smallest absolute Gasteiger partial charge is 0.240 e. The molecule has 0 saturated heterocycles. The van der Waals surface area contributed by atoms with Crippen LogP contribution in [0.2, 0.25) is 0 Å². The molecule has 0 saturated carbocycles. The van der Waals surface area contributed by atoms with Crippen LogP contribution in [0.25, 0.3) is 0 Å². The van der Waals surface area contributed by atoms with E-state index in [0.717, 1.165) is 24.0 Å². The lowest BCUT2D eigenvalue weighted by Crippen LogP contribution is -2.43. The standard InChI is InChI=1S/C21H26N2O5S/c1-14-11-17(23-15(2)24)6-9-20(14)29(26,27)22-13-21(25)10-4-5-16-12-18(28-3)7-8-19(16)21/h6-9,11-12,22,25H,4-5,10,13H2,1-3H3,(H,23,24). The van der Waals surface area contributed by atoms with Gasteiger partial charge in [-0.1, -0.05) is 6.07 Å². The van der Waals surface area contributed by atoms with Gasteiger partial charge in [-0.3, -0.25) is 4.79 Å². The second-order valence-electron chi connectivity index (χ2n) is 7.39. The van der Waals surface area contributed by atoms with E-state index in [2.05, 4.69) is 10.0 Å². The highest BCUT2D eigenvalue weighted by molar-refractivity contribution is 7.89. The monoisotopic (exact) mass is 418 g/mol. The first-order valence-corrected chi connectivity index (χ1v) is 10.9. The van der Waals surface area contributed by atoms with Crippen LogP contribution >= 0.6 is 0 Å². The van der Waals surface area contributed by atoms with Crippen molar-refractivity contribution in [1.29, 1.82) is 0 Å². The maximum Gasteiger partial charge on any atom is 0.240 e. The molecule has 1 unspecified atom stereocenters. The number of carbonyl (C=O) groups excluding carboxylic acids is 1. The Balaban J connectivity index is 1.81. The number of carbonyl (C=O) groups is 1. The van der Waals surface area contributed by atoms with Gasteiger partial charge in [-0.25, -0.2) is 13.1 Å². The van der Waals surface area contributed by atoms with Crippen molar-refractivity contribution >= 4 is 21.6 Å². The number of rotatable bonds is 6. The topological polar surface area (TPSA) is 105 Å². The zero-order valence-electron chi connectivity index (χ0n) is 16.8. The van der Waals surface area contributed by atoms with Crippen molar-refractivity contribution in [3.63, 3.8) is 0 Å². The Kier molecular flexibility index (Phi) is 5.97. The third-order valence-electron chi connectivity index (χ3n) is 5.19. The minimum Gasteiger partial charge on any atom is -0.497 e. The molecule has 0 fully saturated rings. The molecular weight excluding hydrogens is 392 g/mol. The molecular formula is C21H26N2O5S. The summed E-state index contributed by atoms with van der Waals surface area (Å²) in [5.41, 5.74) is 1.45. The molecule has 0 aliphatic heterocycles. The molecule has 0 aromatic heterocycles. The minimum absolute atomic E-state index is 0.112. The first-order valence-electron chi connectivity index (χ1n) is 9.42. The van der Waals surface area contributed by atoms with E-state index >= 15 is 0 Å². The van der Waals surface area contributed by atoms with Crippen molar-refractivity contribution < 1.29 is 23.1 Å². The van der Waals surface area contributed by atoms with Gasteiger partial charge < -0.3 is 15.2 Å². The van der Waals surface area contributed by atoms with Crippen LogP contribution in [0.4, 0.5) is 5.69 Å². The van der Waals surface area contributed by atoms with Crippen molar-refractivity contribution in [2.45, 2.75) is 43.6 Å². The highest BCUT2D eigenvalue weighted by Crippen LogP contribution is 2.37. The number of benzene rings is 2. The summed E-state index contributed by atoms with van der Waals surface area (Å²) in [6.45, 7) is 2.93. The van der Waals surface area contributed by atoms with Crippen LogP contribution in [-0.4, -0.2) is 33.1 Å². The van der Waals surface area contributed by atoms with E-state index in [0.29, 0.717) is 23.4 Å². The van der Waals surface area contributed by atoms with Gasteiger partial charge in [0.25, 0.3) is 0 Å². The molecule has 0 radical (unpaired) electrons. The fourth-order valence-corrected chi connectivity index (χ4v) is 5.09. The molecule has 2 aromatic carbocycles. The van der Waals surface area contributed by atoms with Crippen LogP contribution in [0.5, 0.6) is 5.75 Å². The number of aryl methyl sites for hydroxylation is 2. The average molecular weight is 419 g/mol. The van der Waals surface area contributed by atoms with Crippen LogP contribution in [0.3, 0.4) is 0 Å². The fourth-order valence-electron chi connectivity index (χ4n) is 3.77. The summed E-state index contributed by atoms with van der Waals surface area (Å²) in [4.78, 5) is 11.3. The summed E-state index contributed by atoms with van der Waals surface area (Å²) in [5, 5.41) is 13.8. The Labute approximate surface area is 171 Å². The molecule has 3 rings (SSSR count). The normalized spacial score (nSPS) is 18.8. The van der Waals surface area contributed by atoms with E-state index in [9.17, 15) is 18.3 Å². The molecule has 0 spiro atoms. The van der Waals surface area contributed by atoms with E-state index in [4.69, 9.17) is 4.74 Å². The second kappa shape index (κ2) is 8.14. The molecule has 0 bridgehead atoms. The van der Waals surface area contributed by atoms with E-state index in [1.807, 2.05) is 6.07 Å². The van der Waals surface area contributed by atoms with Crippen LogP contribution in [0.15, 0.2) is 41.3 Å². The zero-order valence-corrected chi connectivity index (χ0v) is 17.6. The summed E-state index contributed by atoms with van der Waals surface area (Å²) < 4.78 is 33.5. The second-order valence-corrected chi connectivity index (χ2v) is 9.13. The molecule has 1 amide bonds. The lowest BCUT2D eigenvalue weighted by atomic mass is 9.79. The summed E-state index contributed by atoms with van der Waals surface area (Å²) in [5.74, 6) is 0.483. The quantitative estimate of drug-likeness (QED) is 0.668. The largest absolute Gasteiger partial charge is 0.497 e. The molecule has 0 heterocycles. The molecule has 1 aliphatic rings. The van der Waals surface area contributed by atoms with Crippen molar-refractivity contribution in [3.8, 4) is 5.75 Å². The van der Waals surface area contributed by atoms with E-state index < -0.39 is 15.6 Å². The number of amides is 1. The fraction of sp³-hybridized carbons (Fsp3) is 0.381. The Hall–Kier alpha value is -2.42. The lowest BCUT2D eigenvalue weighted by Gasteiger charge is -2.35. The third kappa shape index (κ3) is 4.60. The van der Waals surface area contributed by atoms with Crippen molar-refractivity contribution in [3.05, 3.63) is 53.1 Å². The summed E-state index contributed by atoms with van der Waals surface area (Å²) >= 11 is 0. The molecule has 8 heteroatoms. The number of aliphatic hydroxyl groups is 1. The van der Waals surface area contributed by atoms with E-state index in [1.165, 1.54) is 13.0 Å². The number of ether oxygens (including phenoxy) is 1.